The van der Waals surface area contributed by atoms with Gasteiger partial charge in [0.05, 0.1) is 16.1 Å². The summed E-state index contributed by atoms with van der Waals surface area (Å²) in [7, 11) is 0. The van der Waals surface area contributed by atoms with E-state index in [0.29, 0.717) is 22.7 Å². The lowest BCUT2D eigenvalue weighted by Crippen LogP contribution is -2.34. The summed E-state index contributed by atoms with van der Waals surface area (Å²) in [6, 6.07) is 10.4. The van der Waals surface area contributed by atoms with Crippen molar-refractivity contribution in [2.45, 2.75) is 0 Å². The molecule has 0 saturated heterocycles. The van der Waals surface area contributed by atoms with Crippen LogP contribution in [0.1, 0.15) is 20.0 Å². The Hall–Kier alpha value is -2.51. The van der Waals surface area contributed by atoms with Crippen molar-refractivity contribution in [3.8, 4) is 0 Å². The van der Waals surface area contributed by atoms with Crippen LogP contribution in [0, 0.1) is 0 Å². The first-order valence-corrected chi connectivity index (χ1v) is 8.04. The number of para-hydroxylation sites is 1. The molecule has 1 heterocycles. The topological polar surface area (TPSA) is 70.2 Å². The van der Waals surface area contributed by atoms with E-state index in [-0.39, 0.29) is 16.9 Å². The molecular weight excluding hydrogens is 330 g/mol. The van der Waals surface area contributed by atoms with Crippen molar-refractivity contribution in [1.29, 1.82) is 0 Å². The fourth-order valence-corrected chi connectivity index (χ4v) is 2.60. The summed E-state index contributed by atoms with van der Waals surface area (Å²) in [5, 5.41) is 10.1. The van der Waals surface area contributed by atoms with Crippen molar-refractivity contribution < 1.29 is 9.59 Å². The van der Waals surface area contributed by atoms with Crippen LogP contribution in [0.4, 0.5) is 5.69 Å². The lowest BCUT2D eigenvalue weighted by Gasteiger charge is -2.12. The van der Waals surface area contributed by atoms with E-state index in [2.05, 4.69) is 22.5 Å². The number of benzene rings is 1. The van der Waals surface area contributed by atoms with E-state index in [1.807, 2.05) is 5.38 Å². The number of anilines is 1. The van der Waals surface area contributed by atoms with Crippen LogP contribution in [-0.4, -0.2) is 23.5 Å². The van der Waals surface area contributed by atoms with Crippen LogP contribution in [0.3, 0.4) is 0 Å². The van der Waals surface area contributed by atoms with Gasteiger partial charge in [-0.2, -0.15) is 0 Å². The number of amides is 2. The van der Waals surface area contributed by atoms with Gasteiger partial charge in [0.1, 0.15) is 0 Å². The minimum Gasteiger partial charge on any atom is -0.349 e. The van der Waals surface area contributed by atoms with Gasteiger partial charge in [-0.05, 0) is 35.8 Å². The van der Waals surface area contributed by atoms with Crippen LogP contribution >= 0.6 is 23.6 Å². The van der Waals surface area contributed by atoms with E-state index in [9.17, 15) is 9.59 Å². The third-order valence-electron chi connectivity index (χ3n) is 2.80. The molecule has 3 N–H and O–H groups in total. The van der Waals surface area contributed by atoms with Crippen LogP contribution < -0.4 is 16.0 Å². The Labute approximate surface area is 143 Å². The summed E-state index contributed by atoms with van der Waals surface area (Å²) >= 11 is 6.46. The maximum absolute atomic E-state index is 12.1. The maximum atomic E-state index is 12.1. The van der Waals surface area contributed by atoms with E-state index in [0.717, 1.165) is 0 Å². The zero-order chi connectivity index (χ0) is 16.7. The van der Waals surface area contributed by atoms with Crippen LogP contribution in [0.2, 0.25) is 0 Å². The first-order chi connectivity index (χ1) is 11.1. The minimum absolute atomic E-state index is 0.132. The summed E-state index contributed by atoms with van der Waals surface area (Å²) in [6.45, 7) is 3.92. The van der Waals surface area contributed by atoms with Gasteiger partial charge in [0, 0.05) is 6.54 Å². The first-order valence-electron chi connectivity index (χ1n) is 6.75. The third kappa shape index (κ3) is 4.73. The zero-order valence-corrected chi connectivity index (χ0v) is 13.8. The molecule has 0 unspecified atom stereocenters. The fourth-order valence-electron chi connectivity index (χ4n) is 1.78. The SMILES string of the molecule is C=CCNC(=O)c1ccccc1NC(=S)NC(=O)c1cccs1. The Morgan fingerprint density at radius 3 is 2.65 bits per heavy atom. The molecule has 0 fully saturated rings. The van der Waals surface area contributed by atoms with Crippen molar-refractivity contribution in [2.75, 3.05) is 11.9 Å². The molecular formula is C16H15N3O2S2. The van der Waals surface area contributed by atoms with Crippen LogP contribution in [0.25, 0.3) is 0 Å². The highest BCUT2D eigenvalue weighted by atomic mass is 32.1. The Balaban J connectivity index is 2.04. The molecule has 2 rings (SSSR count). The normalized spacial score (nSPS) is 9.74. The molecule has 0 atom stereocenters. The molecule has 5 nitrogen and oxygen atoms in total. The number of hydrogen-bond donors (Lipinski definition) is 3. The molecule has 7 heteroatoms. The Morgan fingerprint density at radius 2 is 1.96 bits per heavy atom. The molecule has 118 valence electrons. The summed E-state index contributed by atoms with van der Waals surface area (Å²) in [5.74, 6) is -0.536. The molecule has 0 radical (unpaired) electrons. The van der Waals surface area contributed by atoms with Gasteiger partial charge in [0.15, 0.2) is 5.11 Å². The molecule has 2 amide bonds. The number of carbonyl (C=O) groups is 2. The number of thiophene rings is 1. The van der Waals surface area contributed by atoms with Gasteiger partial charge in [-0.25, -0.2) is 0 Å². The standard InChI is InChI=1S/C16H15N3O2S2/c1-2-9-17-14(20)11-6-3-4-7-12(11)18-16(22)19-15(21)13-8-5-10-23-13/h2-8,10H,1,9H2,(H,17,20)(H2,18,19,21,22). The Morgan fingerprint density at radius 1 is 1.17 bits per heavy atom. The number of nitrogens with one attached hydrogen (secondary N) is 3. The number of hydrogen-bond acceptors (Lipinski definition) is 4. The molecule has 2 aromatic rings. The van der Waals surface area contributed by atoms with Crippen molar-refractivity contribution in [3.05, 3.63) is 64.9 Å². The van der Waals surface area contributed by atoms with Gasteiger partial charge >= 0.3 is 0 Å². The van der Waals surface area contributed by atoms with Crippen molar-refractivity contribution in [1.82, 2.24) is 10.6 Å². The molecule has 0 bridgehead atoms. The van der Waals surface area contributed by atoms with Crippen molar-refractivity contribution in [3.63, 3.8) is 0 Å². The average Bonchev–Trinajstić information content (AvgIpc) is 3.07. The van der Waals surface area contributed by atoms with E-state index in [4.69, 9.17) is 12.2 Å². The number of rotatable bonds is 5. The molecule has 0 saturated carbocycles. The van der Waals surface area contributed by atoms with E-state index >= 15 is 0 Å². The van der Waals surface area contributed by atoms with Crippen LogP contribution in [0.15, 0.2) is 54.4 Å². The zero-order valence-electron chi connectivity index (χ0n) is 12.2. The van der Waals surface area contributed by atoms with Gasteiger partial charge in [-0.15, -0.1) is 17.9 Å². The lowest BCUT2D eigenvalue weighted by atomic mass is 10.1. The highest BCUT2D eigenvalue weighted by Gasteiger charge is 2.13. The summed E-state index contributed by atoms with van der Waals surface area (Å²) in [4.78, 5) is 24.6. The second kappa shape index (κ2) is 8.21. The Bertz CT molecular complexity index is 727. The number of carbonyl (C=O) groups excluding carboxylic acids is 2. The monoisotopic (exact) mass is 345 g/mol. The van der Waals surface area contributed by atoms with Crippen LogP contribution in [-0.2, 0) is 0 Å². The van der Waals surface area contributed by atoms with Gasteiger partial charge in [-0.1, -0.05) is 24.3 Å². The second-order valence-electron chi connectivity index (χ2n) is 4.43. The predicted octanol–water partition coefficient (Wildman–Crippen LogP) is 2.79. The van der Waals surface area contributed by atoms with Crippen molar-refractivity contribution in [2.24, 2.45) is 0 Å². The van der Waals surface area contributed by atoms with E-state index in [1.54, 1.807) is 42.5 Å². The highest BCUT2D eigenvalue weighted by Crippen LogP contribution is 2.15. The van der Waals surface area contributed by atoms with Gasteiger partial charge < -0.3 is 10.6 Å². The summed E-state index contributed by atoms with van der Waals surface area (Å²) < 4.78 is 0. The molecule has 1 aromatic carbocycles. The molecule has 1 aromatic heterocycles. The molecule has 0 spiro atoms. The van der Waals surface area contributed by atoms with Gasteiger partial charge in [0.25, 0.3) is 11.8 Å². The van der Waals surface area contributed by atoms with Gasteiger partial charge in [0.2, 0.25) is 0 Å². The lowest BCUT2D eigenvalue weighted by molar-refractivity contribution is 0.0956. The molecule has 0 aliphatic carbocycles. The largest absolute Gasteiger partial charge is 0.349 e. The van der Waals surface area contributed by atoms with Crippen molar-refractivity contribution >= 4 is 46.2 Å². The smallest absolute Gasteiger partial charge is 0.267 e. The first kappa shape index (κ1) is 16.9. The molecule has 0 aliphatic rings. The fraction of sp³-hybridized carbons (Fsp3) is 0.0625. The quantitative estimate of drug-likeness (QED) is 0.576. The third-order valence-corrected chi connectivity index (χ3v) is 3.87. The number of thiocarbonyl (C=S) groups is 1. The van der Waals surface area contributed by atoms with Gasteiger partial charge in [-0.3, -0.25) is 14.9 Å². The van der Waals surface area contributed by atoms with E-state index in [1.165, 1.54) is 11.3 Å². The summed E-state index contributed by atoms with van der Waals surface area (Å²) in [6.07, 6.45) is 1.60. The molecule has 23 heavy (non-hydrogen) atoms. The average molecular weight is 345 g/mol. The minimum atomic E-state index is -0.286. The highest BCUT2D eigenvalue weighted by molar-refractivity contribution is 7.80. The Kier molecular flexibility index (Phi) is 6.02. The second-order valence-corrected chi connectivity index (χ2v) is 5.79. The summed E-state index contributed by atoms with van der Waals surface area (Å²) in [5.41, 5.74) is 0.951. The van der Waals surface area contributed by atoms with Crippen LogP contribution in [0.5, 0.6) is 0 Å². The van der Waals surface area contributed by atoms with E-state index < -0.39 is 0 Å². The maximum Gasteiger partial charge on any atom is 0.267 e. The molecule has 0 aliphatic heterocycles. The predicted molar refractivity (Wildman–Crippen MR) is 97.0 cm³/mol.